The van der Waals surface area contributed by atoms with Crippen LogP contribution in [0.15, 0.2) is 35.5 Å². The summed E-state index contributed by atoms with van der Waals surface area (Å²) in [5, 5.41) is 13.8. The molecule has 1 aromatic carbocycles. The number of carbonyl (C=O) groups is 1. The molecule has 9 nitrogen and oxygen atoms in total. The molecule has 3 aromatic rings. The van der Waals surface area contributed by atoms with E-state index in [4.69, 9.17) is 23.2 Å². The molecule has 12 heteroatoms. The smallest absolute Gasteiger partial charge is 0.260 e. The molecule has 0 spiro atoms. The van der Waals surface area contributed by atoms with Crippen molar-refractivity contribution in [3.8, 4) is 0 Å². The summed E-state index contributed by atoms with van der Waals surface area (Å²) in [6.07, 6.45) is 3.42. The van der Waals surface area contributed by atoms with Gasteiger partial charge in [-0.05, 0) is 12.1 Å². The molecular formula is C17H16Cl2N6O3S. The molecule has 0 saturated carbocycles. The molecule has 3 heterocycles. The summed E-state index contributed by atoms with van der Waals surface area (Å²) < 4.78 is 29.1. The van der Waals surface area contributed by atoms with Gasteiger partial charge in [0.2, 0.25) is 10.0 Å². The Kier molecular flexibility index (Phi) is 5.11. The van der Waals surface area contributed by atoms with E-state index in [1.54, 1.807) is 19.3 Å². The van der Waals surface area contributed by atoms with Gasteiger partial charge in [0.05, 0.1) is 21.8 Å². The molecule has 0 aliphatic carbocycles. The van der Waals surface area contributed by atoms with Gasteiger partial charge in [-0.2, -0.15) is 14.5 Å². The fourth-order valence-corrected chi connectivity index (χ4v) is 5.66. The predicted molar refractivity (Wildman–Crippen MR) is 108 cm³/mol. The molecular weight excluding hydrogens is 439 g/mol. The molecule has 152 valence electrons. The number of hydrogen-bond acceptors (Lipinski definition) is 5. The Hall–Kier alpha value is -2.40. The maximum absolute atomic E-state index is 13.1. The number of anilines is 1. The summed E-state index contributed by atoms with van der Waals surface area (Å²) in [6, 6.07) is 4.54. The Labute approximate surface area is 176 Å². The number of aryl methyl sites for hydroxylation is 1. The number of benzene rings is 1. The molecule has 0 unspecified atom stereocenters. The van der Waals surface area contributed by atoms with Crippen molar-refractivity contribution >= 4 is 45.0 Å². The number of nitrogens with one attached hydrogen (secondary N) is 2. The summed E-state index contributed by atoms with van der Waals surface area (Å²) >= 11 is 12.2. The molecule has 0 atom stereocenters. The molecule has 4 rings (SSSR count). The number of hydrogen-bond donors (Lipinski definition) is 2. The molecule has 0 fully saturated rings. The number of amides is 1. The zero-order valence-corrected chi connectivity index (χ0v) is 17.5. The Morgan fingerprint density at radius 1 is 1.28 bits per heavy atom. The zero-order chi connectivity index (χ0) is 20.8. The average molecular weight is 455 g/mol. The van der Waals surface area contributed by atoms with Crippen LogP contribution in [0, 0.1) is 0 Å². The maximum Gasteiger partial charge on any atom is 0.260 e. The van der Waals surface area contributed by atoms with Crippen molar-refractivity contribution in [1.82, 2.24) is 24.3 Å². The van der Waals surface area contributed by atoms with Gasteiger partial charge >= 0.3 is 0 Å². The monoisotopic (exact) mass is 454 g/mol. The van der Waals surface area contributed by atoms with Crippen molar-refractivity contribution in [2.24, 2.45) is 7.05 Å². The Bertz CT molecular complexity index is 1180. The van der Waals surface area contributed by atoms with Crippen LogP contribution in [0.5, 0.6) is 0 Å². The van der Waals surface area contributed by atoms with Crippen LogP contribution >= 0.6 is 23.2 Å². The summed E-state index contributed by atoms with van der Waals surface area (Å²) in [5.41, 5.74) is 1.73. The van der Waals surface area contributed by atoms with Crippen LogP contribution < -0.4 is 5.32 Å². The number of halogens is 2. The normalized spacial score (nSPS) is 14.6. The Morgan fingerprint density at radius 3 is 2.66 bits per heavy atom. The first-order valence-corrected chi connectivity index (χ1v) is 10.8. The minimum Gasteiger partial charge on any atom is -0.305 e. The van der Waals surface area contributed by atoms with Crippen molar-refractivity contribution in [3.63, 3.8) is 0 Å². The SMILES string of the molecule is Cn1cc(C(=O)Nc2n[nH]c3c2CN(S(=O)(=O)c2c(Cl)cccc2Cl)CC3)cn1. The molecule has 0 radical (unpaired) electrons. The van der Waals surface area contributed by atoms with Gasteiger partial charge in [-0.1, -0.05) is 29.3 Å². The lowest BCUT2D eigenvalue weighted by molar-refractivity contribution is 0.102. The van der Waals surface area contributed by atoms with Crippen LogP contribution in [-0.4, -0.2) is 45.2 Å². The quantitative estimate of drug-likeness (QED) is 0.628. The average Bonchev–Trinajstić information content (AvgIpc) is 3.27. The fraction of sp³-hybridized carbons (Fsp3) is 0.235. The van der Waals surface area contributed by atoms with E-state index in [9.17, 15) is 13.2 Å². The number of rotatable bonds is 4. The summed E-state index contributed by atoms with van der Waals surface area (Å²) in [5.74, 6) is -0.111. The third kappa shape index (κ3) is 3.64. The van der Waals surface area contributed by atoms with Gasteiger partial charge in [-0.25, -0.2) is 8.42 Å². The van der Waals surface area contributed by atoms with E-state index in [2.05, 4.69) is 20.6 Å². The van der Waals surface area contributed by atoms with Gasteiger partial charge < -0.3 is 5.32 Å². The standard InChI is InChI=1S/C17H16Cl2N6O3S/c1-24-8-10(7-20-24)17(26)21-16-11-9-25(6-5-14(11)22-23-16)29(27,28)15-12(18)3-2-4-13(15)19/h2-4,7-8H,5-6,9H2,1H3,(H2,21,22,23,26). The van der Waals surface area contributed by atoms with E-state index in [0.717, 1.165) is 5.69 Å². The zero-order valence-electron chi connectivity index (χ0n) is 15.2. The van der Waals surface area contributed by atoms with E-state index < -0.39 is 10.0 Å². The van der Waals surface area contributed by atoms with Gasteiger partial charge in [0.15, 0.2) is 5.82 Å². The lowest BCUT2D eigenvalue weighted by Gasteiger charge is -2.27. The lowest BCUT2D eigenvalue weighted by atomic mass is 10.1. The largest absolute Gasteiger partial charge is 0.305 e. The molecule has 1 amide bonds. The van der Waals surface area contributed by atoms with Crippen molar-refractivity contribution in [2.45, 2.75) is 17.9 Å². The number of aromatic amines is 1. The first kappa shape index (κ1) is 19.9. The topological polar surface area (TPSA) is 113 Å². The Morgan fingerprint density at radius 2 is 2.00 bits per heavy atom. The van der Waals surface area contributed by atoms with Gasteiger partial charge in [-0.15, -0.1) is 0 Å². The highest BCUT2D eigenvalue weighted by molar-refractivity contribution is 7.89. The van der Waals surface area contributed by atoms with Crippen molar-refractivity contribution in [2.75, 3.05) is 11.9 Å². The first-order chi connectivity index (χ1) is 13.8. The summed E-state index contributed by atoms with van der Waals surface area (Å²) in [7, 11) is -2.23. The molecule has 1 aliphatic rings. The molecule has 1 aliphatic heterocycles. The number of carbonyl (C=O) groups excluding carboxylic acids is 1. The van der Waals surface area contributed by atoms with E-state index in [1.165, 1.54) is 27.3 Å². The summed E-state index contributed by atoms with van der Waals surface area (Å²) in [6.45, 7) is 0.257. The molecule has 0 bridgehead atoms. The minimum absolute atomic E-state index is 0.0262. The number of nitrogens with zero attached hydrogens (tertiary/aromatic N) is 4. The third-order valence-electron chi connectivity index (χ3n) is 4.61. The molecule has 2 N–H and O–H groups in total. The van der Waals surface area contributed by atoms with Gasteiger partial charge in [0.25, 0.3) is 5.91 Å². The molecule has 2 aromatic heterocycles. The maximum atomic E-state index is 13.1. The third-order valence-corrected chi connectivity index (χ3v) is 7.42. The van der Waals surface area contributed by atoms with Gasteiger partial charge in [0, 0.05) is 44.0 Å². The second-order valence-corrected chi connectivity index (χ2v) is 9.21. The van der Waals surface area contributed by atoms with Crippen LogP contribution in [0.25, 0.3) is 0 Å². The number of fused-ring (bicyclic) bond motifs is 1. The highest BCUT2D eigenvalue weighted by Gasteiger charge is 2.34. The molecule has 29 heavy (non-hydrogen) atoms. The van der Waals surface area contributed by atoms with Crippen LogP contribution in [-0.2, 0) is 30.0 Å². The van der Waals surface area contributed by atoms with E-state index in [1.807, 2.05) is 0 Å². The highest BCUT2D eigenvalue weighted by atomic mass is 35.5. The number of aromatic nitrogens is 4. The first-order valence-electron chi connectivity index (χ1n) is 8.57. The van der Waals surface area contributed by atoms with Crippen LogP contribution in [0.2, 0.25) is 10.0 Å². The van der Waals surface area contributed by atoms with E-state index in [-0.39, 0.29) is 39.8 Å². The van der Waals surface area contributed by atoms with Crippen LogP contribution in [0.3, 0.4) is 0 Å². The van der Waals surface area contributed by atoms with Crippen molar-refractivity contribution in [3.05, 3.63) is 57.5 Å². The minimum atomic E-state index is -3.94. The fourth-order valence-electron chi connectivity index (χ4n) is 3.16. The van der Waals surface area contributed by atoms with E-state index in [0.29, 0.717) is 17.5 Å². The highest BCUT2D eigenvalue weighted by Crippen LogP contribution is 2.34. The molecule has 0 saturated heterocycles. The number of H-pyrrole nitrogens is 1. The van der Waals surface area contributed by atoms with Gasteiger partial charge in [-0.3, -0.25) is 14.6 Å². The second kappa shape index (κ2) is 7.45. The lowest BCUT2D eigenvalue weighted by Crippen LogP contribution is -2.36. The van der Waals surface area contributed by atoms with Crippen LogP contribution in [0.4, 0.5) is 5.82 Å². The van der Waals surface area contributed by atoms with Gasteiger partial charge in [0.1, 0.15) is 4.90 Å². The number of sulfonamides is 1. The van der Waals surface area contributed by atoms with Crippen molar-refractivity contribution in [1.29, 1.82) is 0 Å². The second-order valence-electron chi connectivity index (χ2n) is 6.53. The van der Waals surface area contributed by atoms with Crippen molar-refractivity contribution < 1.29 is 13.2 Å². The predicted octanol–water partition coefficient (Wildman–Crippen LogP) is 2.45. The van der Waals surface area contributed by atoms with E-state index >= 15 is 0 Å². The Balaban J connectivity index is 1.62. The van der Waals surface area contributed by atoms with Crippen LogP contribution in [0.1, 0.15) is 21.6 Å². The summed E-state index contributed by atoms with van der Waals surface area (Å²) in [4.78, 5) is 12.3.